The summed E-state index contributed by atoms with van der Waals surface area (Å²) in [5, 5.41) is 1.13. The van der Waals surface area contributed by atoms with E-state index in [4.69, 9.17) is 28.9 Å². The molecule has 31 heavy (non-hydrogen) atoms. The second-order valence-electron chi connectivity index (χ2n) is 9.97. The molecule has 6 heteroatoms. The lowest BCUT2D eigenvalue weighted by molar-refractivity contribution is -0.128. The fourth-order valence-corrected chi connectivity index (χ4v) is 6.41. The van der Waals surface area contributed by atoms with Crippen molar-refractivity contribution >= 4 is 35.1 Å². The van der Waals surface area contributed by atoms with Crippen molar-refractivity contribution in [2.24, 2.45) is 22.1 Å². The van der Waals surface area contributed by atoms with Crippen molar-refractivity contribution in [3.63, 3.8) is 0 Å². The summed E-state index contributed by atoms with van der Waals surface area (Å²) in [6, 6.07) is 4.99. The molecule has 1 aromatic rings. The normalized spacial score (nSPS) is 24.5. The Morgan fingerprint density at radius 3 is 2.48 bits per heavy atom. The zero-order valence-corrected chi connectivity index (χ0v) is 19.9. The third kappa shape index (κ3) is 5.57. The van der Waals surface area contributed by atoms with Crippen molar-refractivity contribution in [3.05, 3.63) is 33.8 Å². The minimum Gasteiger partial charge on any atom is -0.369 e. The summed E-state index contributed by atoms with van der Waals surface area (Å²) in [4.78, 5) is 19.5. The Labute approximate surface area is 196 Å². The maximum Gasteiger partial charge on any atom is 0.254 e. The predicted molar refractivity (Wildman–Crippen MR) is 128 cm³/mol. The number of carbonyl (C=O) groups is 1. The SMILES string of the molecule is NC1=N[C@H](CC2(CCC3CCCCC3)CCCCC2)C(=O)N1Cc1ccc(Cl)cc1Cl. The fraction of sp³-hybridized carbons (Fsp3) is 0.680. The second kappa shape index (κ2) is 10.1. The van der Waals surface area contributed by atoms with Crippen LogP contribution in [0.15, 0.2) is 23.2 Å². The molecule has 0 bridgehead atoms. The van der Waals surface area contributed by atoms with Gasteiger partial charge in [-0.3, -0.25) is 9.69 Å². The van der Waals surface area contributed by atoms with Crippen LogP contribution in [0, 0.1) is 11.3 Å². The number of benzene rings is 1. The molecule has 4 nitrogen and oxygen atoms in total. The molecule has 0 unspecified atom stereocenters. The van der Waals surface area contributed by atoms with Gasteiger partial charge in [0.2, 0.25) is 0 Å². The van der Waals surface area contributed by atoms with Crippen LogP contribution >= 0.6 is 23.2 Å². The van der Waals surface area contributed by atoms with Gasteiger partial charge in [-0.2, -0.15) is 0 Å². The van der Waals surface area contributed by atoms with E-state index in [-0.39, 0.29) is 17.4 Å². The molecule has 170 valence electrons. The van der Waals surface area contributed by atoms with Crippen molar-refractivity contribution in [2.45, 2.75) is 96.1 Å². The average Bonchev–Trinajstić information content (AvgIpc) is 3.02. The first-order chi connectivity index (χ1) is 15.0. The minimum absolute atomic E-state index is 0.0196. The highest BCUT2D eigenvalue weighted by atomic mass is 35.5. The molecule has 2 aliphatic carbocycles. The molecular weight excluding hydrogens is 429 g/mol. The first-order valence-corrected chi connectivity index (χ1v) is 12.8. The number of rotatable bonds is 7. The molecule has 0 aromatic heterocycles. The van der Waals surface area contributed by atoms with Crippen LogP contribution in [0.2, 0.25) is 10.0 Å². The Hall–Kier alpha value is -1.26. The third-order valence-electron chi connectivity index (χ3n) is 7.81. The number of aliphatic imine (C=N–C) groups is 1. The number of carbonyl (C=O) groups excluding carboxylic acids is 1. The van der Waals surface area contributed by atoms with E-state index in [9.17, 15) is 4.79 Å². The summed E-state index contributed by atoms with van der Waals surface area (Å²) < 4.78 is 0. The Morgan fingerprint density at radius 2 is 1.77 bits per heavy atom. The first-order valence-electron chi connectivity index (χ1n) is 12.0. The lowest BCUT2D eigenvalue weighted by Gasteiger charge is -2.40. The fourth-order valence-electron chi connectivity index (χ4n) is 5.94. The van der Waals surface area contributed by atoms with Crippen molar-refractivity contribution in [1.29, 1.82) is 0 Å². The van der Waals surface area contributed by atoms with E-state index in [1.807, 2.05) is 6.07 Å². The Bertz CT molecular complexity index is 813. The summed E-state index contributed by atoms with van der Waals surface area (Å²) in [6.07, 6.45) is 16.7. The number of halogens is 2. The van der Waals surface area contributed by atoms with Gasteiger partial charge < -0.3 is 5.73 Å². The van der Waals surface area contributed by atoms with E-state index >= 15 is 0 Å². The maximum absolute atomic E-state index is 13.3. The first kappa shape index (κ1) is 22.9. The molecule has 2 fully saturated rings. The van der Waals surface area contributed by atoms with Crippen LogP contribution in [0.5, 0.6) is 0 Å². The van der Waals surface area contributed by atoms with Gasteiger partial charge in [-0.15, -0.1) is 0 Å². The topological polar surface area (TPSA) is 58.7 Å². The molecule has 1 atom stereocenters. The standard InChI is InChI=1S/C25H35Cl2N3O/c26-20-10-9-19(21(27)15-20)17-30-23(31)22(29-24(30)28)16-25(12-5-2-6-13-25)14-11-18-7-3-1-4-8-18/h9-10,15,18,22H,1-8,11-14,16-17H2,(H2,28,29)/t22-/m1/s1. The van der Waals surface area contributed by atoms with Gasteiger partial charge in [0.05, 0.1) is 6.54 Å². The molecule has 2 saturated carbocycles. The molecule has 4 rings (SSSR count). The van der Waals surface area contributed by atoms with Crippen LogP contribution in [-0.4, -0.2) is 22.8 Å². The van der Waals surface area contributed by atoms with Gasteiger partial charge in [-0.25, -0.2) is 4.99 Å². The number of hydrogen-bond donors (Lipinski definition) is 1. The largest absolute Gasteiger partial charge is 0.369 e. The molecular formula is C25H35Cl2N3O. The predicted octanol–water partition coefficient (Wildman–Crippen LogP) is 6.72. The van der Waals surface area contributed by atoms with Crippen molar-refractivity contribution in [2.75, 3.05) is 0 Å². The molecule has 1 aliphatic heterocycles. The van der Waals surface area contributed by atoms with Gasteiger partial charge in [0.15, 0.2) is 5.96 Å². The zero-order chi connectivity index (χ0) is 21.8. The van der Waals surface area contributed by atoms with Gasteiger partial charge in [0.1, 0.15) is 6.04 Å². The number of amides is 1. The lowest BCUT2D eigenvalue weighted by Crippen LogP contribution is -2.40. The maximum atomic E-state index is 13.3. The Kier molecular flexibility index (Phi) is 7.48. The van der Waals surface area contributed by atoms with Crippen molar-refractivity contribution < 1.29 is 4.79 Å². The van der Waals surface area contributed by atoms with E-state index < -0.39 is 0 Å². The molecule has 2 N–H and O–H groups in total. The highest BCUT2D eigenvalue weighted by Gasteiger charge is 2.41. The van der Waals surface area contributed by atoms with Gasteiger partial charge in [0.25, 0.3) is 5.91 Å². The summed E-state index contributed by atoms with van der Waals surface area (Å²) in [5.41, 5.74) is 7.29. The molecule has 1 amide bonds. The Morgan fingerprint density at radius 1 is 1.06 bits per heavy atom. The molecule has 1 heterocycles. The summed E-state index contributed by atoms with van der Waals surface area (Å²) in [7, 11) is 0. The van der Waals surface area contributed by atoms with Gasteiger partial charge in [-0.1, -0.05) is 80.6 Å². The van der Waals surface area contributed by atoms with Crippen LogP contribution in [0.1, 0.15) is 89.0 Å². The van der Waals surface area contributed by atoms with Crippen molar-refractivity contribution in [3.8, 4) is 0 Å². The molecule has 1 aromatic carbocycles. The summed E-state index contributed by atoms with van der Waals surface area (Å²) in [5.74, 6) is 1.22. The highest BCUT2D eigenvalue weighted by molar-refractivity contribution is 6.35. The van der Waals surface area contributed by atoms with Crippen LogP contribution in [0.25, 0.3) is 0 Å². The van der Waals surface area contributed by atoms with Crippen molar-refractivity contribution in [1.82, 2.24) is 4.90 Å². The molecule has 0 radical (unpaired) electrons. The number of hydrogen-bond acceptors (Lipinski definition) is 3. The minimum atomic E-state index is -0.351. The zero-order valence-electron chi connectivity index (χ0n) is 18.4. The molecule has 0 spiro atoms. The smallest absolute Gasteiger partial charge is 0.254 e. The van der Waals surface area contributed by atoms with E-state index in [0.29, 0.717) is 22.5 Å². The highest BCUT2D eigenvalue weighted by Crippen LogP contribution is 2.46. The molecule has 0 saturated heterocycles. The monoisotopic (exact) mass is 463 g/mol. The Balaban J connectivity index is 1.42. The second-order valence-corrected chi connectivity index (χ2v) is 10.8. The summed E-state index contributed by atoms with van der Waals surface area (Å²) in [6.45, 7) is 0.343. The van der Waals surface area contributed by atoms with E-state index in [1.54, 1.807) is 17.0 Å². The number of nitrogens with zero attached hydrogens (tertiary/aromatic N) is 2. The van der Waals surface area contributed by atoms with Gasteiger partial charge in [-0.05, 0) is 61.1 Å². The van der Waals surface area contributed by atoms with E-state index in [0.717, 1.165) is 17.9 Å². The van der Waals surface area contributed by atoms with Crippen LogP contribution in [0.4, 0.5) is 0 Å². The third-order valence-corrected chi connectivity index (χ3v) is 8.39. The quantitative estimate of drug-likeness (QED) is 0.487. The van der Waals surface area contributed by atoms with Crippen LogP contribution in [-0.2, 0) is 11.3 Å². The van der Waals surface area contributed by atoms with Gasteiger partial charge in [0, 0.05) is 10.0 Å². The van der Waals surface area contributed by atoms with E-state index in [1.165, 1.54) is 77.0 Å². The number of guanidine groups is 1. The summed E-state index contributed by atoms with van der Waals surface area (Å²) >= 11 is 12.3. The number of nitrogens with two attached hydrogens (primary N) is 1. The van der Waals surface area contributed by atoms with Crippen LogP contribution < -0.4 is 5.73 Å². The van der Waals surface area contributed by atoms with Gasteiger partial charge >= 0.3 is 0 Å². The average molecular weight is 464 g/mol. The van der Waals surface area contributed by atoms with Crippen LogP contribution in [0.3, 0.4) is 0 Å². The molecule has 3 aliphatic rings. The lowest BCUT2D eigenvalue weighted by atomic mass is 9.66. The van der Waals surface area contributed by atoms with E-state index in [2.05, 4.69) is 4.99 Å².